The fourth-order valence-corrected chi connectivity index (χ4v) is 1.72. The van der Waals surface area contributed by atoms with Crippen LogP contribution in [0.2, 0.25) is 0 Å². The molecule has 0 spiro atoms. The first-order chi connectivity index (χ1) is 8.19. The molecule has 0 saturated heterocycles. The van der Waals surface area contributed by atoms with E-state index >= 15 is 0 Å². The van der Waals surface area contributed by atoms with Crippen molar-refractivity contribution in [2.75, 3.05) is 17.7 Å². The Morgan fingerprint density at radius 3 is 2.53 bits per heavy atom. The predicted octanol–water partition coefficient (Wildman–Crippen LogP) is 3.17. The van der Waals surface area contributed by atoms with Gasteiger partial charge in [-0.2, -0.15) is 4.98 Å². The second-order valence-electron chi connectivity index (χ2n) is 3.61. The zero-order chi connectivity index (χ0) is 12.3. The minimum atomic E-state index is 0.614. The quantitative estimate of drug-likeness (QED) is 0.843. The molecule has 0 unspecified atom stereocenters. The van der Waals surface area contributed by atoms with Crippen molar-refractivity contribution in [3.8, 4) is 0 Å². The number of anilines is 3. The second-order valence-corrected chi connectivity index (χ2v) is 4.85. The number of halogens is 1. The van der Waals surface area contributed by atoms with Crippen LogP contribution in [-0.2, 0) is 0 Å². The Balaban J connectivity index is 2.25. The molecule has 0 aliphatic heterocycles. The van der Waals surface area contributed by atoms with Crippen molar-refractivity contribution in [2.45, 2.75) is 6.92 Å². The SMILES string of the molecule is CNc1ncc(C)c(Nc2ccc(I)cc2)n1. The molecular formula is C12H13IN4. The number of aromatic nitrogens is 2. The van der Waals surface area contributed by atoms with Crippen LogP contribution in [0.25, 0.3) is 0 Å². The molecule has 88 valence electrons. The molecule has 17 heavy (non-hydrogen) atoms. The Hall–Kier alpha value is -1.37. The van der Waals surface area contributed by atoms with E-state index in [2.05, 4.69) is 55.3 Å². The van der Waals surface area contributed by atoms with Crippen LogP contribution in [0.3, 0.4) is 0 Å². The van der Waals surface area contributed by atoms with Gasteiger partial charge in [-0.05, 0) is 53.8 Å². The van der Waals surface area contributed by atoms with E-state index in [4.69, 9.17) is 0 Å². The lowest BCUT2D eigenvalue weighted by Crippen LogP contribution is -2.02. The lowest BCUT2D eigenvalue weighted by Gasteiger charge is -2.09. The van der Waals surface area contributed by atoms with Gasteiger partial charge in [-0.3, -0.25) is 0 Å². The zero-order valence-corrected chi connectivity index (χ0v) is 11.8. The fourth-order valence-electron chi connectivity index (χ4n) is 1.36. The summed E-state index contributed by atoms with van der Waals surface area (Å²) in [7, 11) is 1.80. The third-order valence-corrected chi connectivity index (χ3v) is 3.02. The lowest BCUT2D eigenvalue weighted by atomic mass is 10.3. The first-order valence-electron chi connectivity index (χ1n) is 5.23. The standard InChI is InChI=1S/C12H13IN4/c1-8-7-15-12(14-2)17-11(8)16-10-5-3-9(13)4-6-10/h3-7H,1-2H3,(H2,14,15,16,17). The second kappa shape index (κ2) is 5.31. The van der Waals surface area contributed by atoms with Gasteiger partial charge in [0.05, 0.1) is 0 Å². The van der Waals surface area contributed by atoms with Gasteiger partial charge in [0, 0.05) is 28.1 Å². The van der Waals surface area contributed by atoms with E-state index in [1.807, 2.05) is 19.1 Å². The molecule has 0 radical (unpaired) electrons. The third kappa shape index (κ3) is 3.06. The highest BCUT2D eigenvalue weighted by atomic mass is 127. The molecule has 2 N–H and O–H groups in total. The Morgan fingerprint density at radius 2 is 1.88 bits per heavy atom. The van der Waals surface area contributed by atoms with Crippen LogP contribution < -0.4 is 10.6 Å². The Labute approximate surface area is 114 Å². The molecule has 1 aromatic heterocycles. The van der Waals surface area contributed by atoms with Crippen molar-refractivity contribution in [3.63, 3.8) is 0 Å². The first-order valence-corrected chi connectivity index (χ1v) is 6.31. The molecule has 0 aliphatic rings. The molecular weight excluding hydrogens is 327 g/mol. The molecule has 0 aliphatic carbocycles. The summed E-state index contributed by atoms with van der Waals surface area (Å²) >= 11 is 2.28. The largest absolute Gasteiger partial charge is 0.357 e. The number of hydrogen-bond acceptors (Lipinski definition) is 4. The fraction of sp³-hybridized carbons (Fsp3) is 0.167. The van der Waals surface area contributed by atoms with Crippen LogP contribution >= 0.6 is 22.6 Å². The van der Waals surface area contributed by atoms with E-state index in [1.54, 1.807) is 13.2 Å². The van der Waals surface area contributed by atoms with E-state index < -0.39 is 0 Å². The first kappa shape index (κ1) is 12.1. The Kier molecular flexibility index (Phi) is 3.78. The van der Waals surface area contributed by atoms with Crippen LogP contribution in [0.4, 0.5) is 17.5 Å². The van der Waals surface area contributed by atoms with E-state index in [-0.39, 0.29) is 0 Å². The van der Waals surface area contributed by atoms with Crippen molar-refractivity contribution < 1.29 is 0 Å². The molecule has 0 saturated carbocycles. The van der Waals surface area contributed by atoms with Crippen molar-refractivity contribution in [2.24, 2.45) is 0 Å². The van der Waals surface area contributed by atoms with E-state index in [1.165, 1.54) is 3.57 Å². The van der Waals surface area contributed by atoms with Gasteiger partial charge < -0.3 is 10.6 Å². The summed E-state index contributed by atoms with van der Waals surface area (Å²) in [5.41, 5.74) is 2.04. The van der Waals surface area contributed by atoms with Gasteiger partial charge in [0.2, 0.25) is 5.95 Å². The number of benzene rings is 1. The maximum Gasteiger partial charge on any atom is 0.224 e. The van der Waals surface area contributed by atoms with Crippen LogP contribution in [0, 0.1) is 10.5 Å². The highest BCUT2D eigenvalue weighted by molar-refractivity contribution is 14.1. The number of aryl methyl sites for hydroxylation is 1. The third-order valence-electron chi connectivity index (χ3n) is 2.30. The maximum absolute atomic E-state index is 4.37. The molecule has 0 atom stereocenters. The van der Waals surface area contributed by atoms with Gasteiger partial charge in [0.25, 0.3) is 0 Å². The van der Waals surface area contributed by atoms with Crippen LogP contribution in [0.15, 0.2) is 30.5 Å². The van der Waals surface area contributed by atoms with Crippen molar-refractivity contribution in [1.29, 1.82) is 0 Å². The summed E-state index contributed by atoms with van der Waals surface area (Å²) in [4.78, 5) is 8.52. The van der Waals surface area contributed by atoms with Crippen molar-refractivity contribution in [3.05, 3.63) is 39.6 Å². The highest BCUT2D eigenvalue weighted by Gasteiger charge is 2.03. The summed E-state index contributed by atoms with van der Waals surface area (Å²) in [6, 6.07) is 8.17. The monoisotopic (exact) mass is 340 g/mol. The highest BCUT2D eigenvalue weighted by Crippen LogP contribution is 2.19. The summed E-state index contributed by atoms with van der Waals surface area (Å²) < 4.78 is 1.21. The molecule has 1 aromatic carbocycles. The molecule has 5 heteroatoms. The molecule has 0 fully saturated rings. The van der Waals surface area contributed by atoms with E-state index in [0.717, 1.165) is 17.1 Å². The molecule has 2 rings (SSSR count). The number of rotatable bonds is 3. The molecule has 0 bridgehead atoms. The number of hydrogen-bond donors (Lipinski definition) is 2. The Morgan fingerprint density at radius 1 is 1.18 bits per heavy atom. The summed E-state index contributed by atoms with van der Waals surface area (Å²) in [5.74, 6) is 1.44. The average Bonchev–Trinajstić information content (AvgIpc) is 2.35. The number of nitrogens with zero attached hydrogens (tertiary/aromatic N) is 2. The average molecular weight is 340 g/mol. The maximum atomic E-state index is 4.37. The van der Waals surface area contributed by atoms with Crippen molar-refractivity contribution >= 4 is 40.0 Å². The van der Waals surface area contributed by atoms with Crippen molar-refractivity contribution in [1.82, 2.24) is 9.97 Å². The lowest BCUT2D eigenvalue weighted by molar-refractivity contribution is 1.12. The molecule has 4 nitrogen and oxygen atoms in total. The summed E-state index contributed by atoms with van der Waals surface area (Å²) in [6.45, 7) is 1.98. The van der Waals surface area contributed by atoms with E-state index in [9.17, 15) is 0 Å². The van der Waals surface area contributed by atoms with Gasteiger partial charge in [0.15, 0.2) is 0 Å². The normalized spacial score (nSPS) is 10.1. The molecule has 1 heterocycles. The predicted molar refractivity (Wildman–Crippen MR) is 78.8 cm³/mol. The Bertz CT molecular complexity index is 510. The van der Waals surface area contributed by atoms with Crippen LogP contribution in [0.5, 0.6) is 0 Å². The van der Waals surface area contributed by atoms with Gasteiger partial charge in [0.1, 0.15) is 5.82 Å². The molecule has 2 aromatic rings. The van der Waals surface area contributed by atoms with Gasteiger partial charge in [-0.15, -0.1) is 0 Å². The minimum absolute atomic E-state index is 0.614. The topological polar surface area (TPSA) is 49.8 Å². The zero-order valence-electron chi connectivity index (χ0n) is 9.66. The minimum Gasteiger partial charge on any atom is -0.357 e. The van der Waals surface area contributed by atoms with Crippen LogP contribution in [0.1, 0.15) is 5.56 Å². The van der Waals surface area contributed by atoms with E-state index in [0.29, 0.717) is 5.95 Å². The summed E-state index contributed by atoms with van der Waals surface area (Å²) in [6.07, 6.45) is 1.80. The van der Waals surface area contributed by atoms with Gasteiger partial charge in [-0.25, -0.2) is 4.98 Å². The smallest absolute Gasteiger partial charge is 0.224 e. The van der Waals surface area contributed by atoms with Crippen LogP contribution in [-0.4, -0.2) is 17.0 Å². The van der Waals surface area contributed by atoms with Gasteiger partial charge >= 0.3 is 0 Å². The van der Waals surface area contributed by atoms with Gasteiger partial charge in [-0.1, -0.05) is 0 Å². The molecule has 0 amide bonds. The summed E-state index contributed by atoms with van der Waals surface area (Å²) in [5, 5.41) is 6.21. The number of nitrogens with one attached hydrogen (secondary N) is 2.